The summed E-state index contributed by atoms with van der Waals surface area (Å²) >= 11 is 6.27. The van der Waals surface area contributed by atoms with Gasteiger partial charge in [-0.3, -0.25) is 4.79 Å². The molecular weight excluding hydrogens is 424 g/mol. The number of benzene rings is 3. The molecule has 1 atom stereocenters. The van der Waals surface area contributed by atoms with E-state index in [0.29, 0.717) is 22.1 Å². The molecule has 0 aliphatic carbocycles. The monoisotopic (exact) mass is 446 g/mol. The molecule has 1 aliphatic heterocycles. The summed E-state index contributed by atoms with van der Waals surface area (Å²) in [6.45, 7) is 2.01. The standard InChI is InChI=1S/C25H23ClN4O2/c1-3-16-9-7-8-12-20(16)27-25(32)29-23-24(31)30(2)21-14-13-18(26)15-19(21)22(28-23)17-10-5-4-6-11-17/h4-15,23H,3H2,1-2H3,(H2,27,29,32). The Kier molecular flexibility index (Phi) is 6.23. The molecule has 0 fully saturated rings. The minimum Gasteiger partial charge on any atom is -0.311 e. The molecule has 32 heavy (non-hydrogen) atoms. The molecule has 162 valence electrons. The molecule has 6 nitrogen and oxygen atoms in total. The number of benzodiazepines with no additional fused rings is 1. The molecule has 2 N–H and O–H groups in total. The fraction of sp³-hybridized carbons (Fsp3) is 0.160. The predicted molar refractivity (Wildman–Crippen MR) is 129 cm³/mol. The van der Waals surface area contributed by atoms with Gasteiger partial charge in [0, 0.05) is 28.9 Å². The van der Waals surface area contributed by atoms with E-state index >= 15 is 0 Å². The van der Waals surface area contributed by atoms with Gasteiger partial charge < -0.3 is 15.5 Å². The summed E-state index contributed by atoms with van der Waals surface area (Å²) in [5.74, 6) is -0.349. The van der Waals surface area contributed by atoms with Crippen LogP contribution in [-0.2, 0) is 11.2 Å². The maximum atomic E-state index is 13.2. The summed E-state index contributed by atoms with van der Waals surface area (Å²) < 4.78 is 0. The van der Waals surface area contributed by atoms with E-state index in [9.17, 15) is 9.59 Å². The van der Waals surface area contributed by atoms with Crippen LogP contribution in [0.4, 0.5) is 16.2 Å². The van der Waals surface area contributed by atoms with E-state index in [2.05, 4.69) is 15.6 Å². The van der Waals surface area contributed by atoms with E-state index < -0.39 is 12.2 Å². The van der Waals surface area contributed by atoms with E-state index in [1.165, 1.54) is 4.90 Å². The molecular formula is C25H23ClN4O2. The second-order valence-corrected chi connectivity index (χ2v) is 7.85. The number of anilines is 2. The van der Waals surface area contributed by atoms with Crippen molar-refractivity contribution < 1.29 is 9.59 Å². The number of hydrogen-bond acceptors (Lipinski definition) is 3. The lowest BCUT2D eigenvalue weighted by atomic mass is 10.0. The van der Waals surface area contributed by atoms with Crippen LogP contribution < -0.4 is 15.5 Å². The Morgan fingerprint density at radius 1 is 1.06 bits per heavy atom. The average molecular weight is 447 g/mol. The number of nitrogens with one attached hydrogen (secondary N) is 2. The SMILES string of the molecule is CCc1ccccc1NC(=O)NC1N=C(c2ccccc2)c2cc(Cl)ccc2N(C)C1=O. The van der Waals surface area contributed by atoms with Gasteiger partial charge in [0.2, 0.25) is 6.17 Å². The summed E-state index contributed by atoms with van der Waals surface area (Å²) in [7, 11) is 1.66. The Balaban J connectivity index is 1.71. The molecule has 1 heterocycles. The first-order chi connectivity index (χ1) is 15.5. The van der Waals surface area contributed by atoms with E-state index in [1.54, 1.807) is 25.2 Å². The van der Waals surface area contributed by atoms with Crippen LogP contribution in [0, 0.1) is 0 Å². The van der Waals surface area contributed by atoms with Gasteiger partial charge in [0.1, 0.15) is 0 Å². The Hall–Kier alpha value is -3.64. The summed E-state index contributed by atoms with van der Waals surface area (Å²) in [5, 5.41) is 6.10. The number of aliphatic imine (C=N–C) groups is 1. The number of nitrogens with zero attached hydrogens (tertiary/aromatic N) is 2. The number of hydrogen-bond donors (Lipinski definition) is 2. The van der Waals surface area contributed by atoms with Crippen LogP contribution in [0.25, 0.3) is 0 Å². The quantitative estimate of drug-likeness (QED) is 0.600. The van der Waals surface area contributed by atoms with Crippen LogP contribution in [0.5, 0.6) is 0 Å². The lowest BCUT2D eigenvalue weighted by Crippen LogP contribution is -2.47. The molecule has 4 rings (SSSR count). The largest absolute Gasteiger partial charge is 0.321 e. The Morgan fingerprint density at radius 2 is 1.78 bits per heavy atom. The van der Waals surface area contributed by atoms with Crippen LogP contribution in [0.3, 0.4) is 0 Å². The highest BCUT2D eigenvalue weighted by Gasteiger charge is 2.31. The number of likely N-dealkylation sites (N-methyl/N-ethyl adjacent to an activating group) is 1. The molecule has 1 unspecified atom stereocenters. The Morgan fingerprint density at radius 3 is 2.53 bits per heavy atom. The number of fused-ring (bicyclic) bond motifs is 1. The van der Waals surface area contributed by atoms with Gasteiger partial charge >= 0.3 is 6.03 Å². The molecule has 0 radical (unpaired) electrons. The first-order valence-corrected chi connectivity index (χ1v) is 10.7. The molecule has 0 saturated heterocycles. The summed E-state index contributed by atoms with van der Waals surface area (Å²) in [6.07, 6.45) is -0.330. The number of halogens is 1. The molecule has 3 amide bonds. The van der Waals surface area contributed by atoms with Crippen molar-refractivity contribution in [2.45, 2.75) is 19.5 Å². The van der Waals surface area contributed by atoms with Crippen molar-refractivity contribution >= 4 is 40.6 Å². The number of carbonyl (C=O) groups is 2. The minimum atomic E-state index is -1.10. The molecule has 0 aromatic heterocycles. The summed E-state index contributed by atoms with van der Waals surface area (Å²) in [4.78, 5) is 32.2. The van der Waals surface area contributed by atoms with Gasteiger partial charge in [-0.25, -0.2) is 9.79 Å². The molecule has 0 spiro atoms. The number of aryl methyl sites for hydroxylation is 1. The molecule has 0 saturated carbocycles. The van der Waals surface area contributed by atoms with Gasteiger partial charge in [-0.1, -0.05) is 67.1 Å². The first-order valence-electron chi connectivity index (χ1n) is 10.3. The number of carbonyl (C=O) groups excluding carboxylic acids is 2. The molecule has 3 aromatic rings. The van der Waals surface area contributed by atoms with E-state index in [-0.39, 0.29) is 5.91 Å². The van der Waals surface area contributed by atoms with Gasteiger partial charge in [0.15, 0.2) is 0 Å². The number of para-hydroxylation sites is 1. The predicted octanol–water partition coefficient (Wildman–Crippen LogP) is 4.86. The second kappa shape index (κ2) is 9.24. The van der Waals surface area contributed by atoms with Crippen LogP contribution in [0.1, 0.15) is 23.6 Å². The van der Waals surface area contributed by atoms with Crippen molar-refractivity contribution in [1.82, 2.24) is 5.32 Å². The van der Waals surface area contributed by atoms with Gasteiger partial charge in [0.05, 0.1) is 11.4 Å². The van der Waals surface area contributed by atoms with Crippen molar-refractivity contribution in [3.63, 3.8) is 0 Å². The first kappa shape index (κ1) is 21.6. The van der Waals surface area contributed by atoms with Crippen LogP contribution in [0.15, 0.2) is 77.8 Å². The maximum Gasteiger partial charge on any atom is 0.321 e. The third-order valence-electron chi connectivity index (χ3n) is 5.36. The third-order valence-corrected chi connectivity index (χ3v) is 5.59. The highest BCUT2D eigenvalue weighted by Crippen LogP contribution is 2.30. The zero-order valence-corrected chi connectivity index (χ0v) is 18.6. The zero-order valence-electron chi connectivity index (χ0n) is 17.8. The van der Waals surface area contributed by atoms with Gasteiger partial charge in [-0.2, -0.15) is 0 Å². The highest BCUT2D eigenvalue weighted by molar-refractivity contribution is 6.32. The van der Waals surface area contributed by atoms with Gasteiger partial charge in [-0.15, -0.1) is 0 Å². The number of urea groups is 1. The molecule has 1 aliphatic rings. The van der Waals surface area contributed by atoms with Gasteiger partial charge in [-0.05, 0) is 36.2 Å². The minimum absolute atomic E-state index is 0.349. The number of rotatable bonds is 4. The van der Waals surface area contributed by atoms with Crippen molar-refractivity contribution in [3.05, 3.63) is 94.5 Å². The van der Waals surface area contributed by atoms with Crippen LogP contribution in [-0.4, -0.2) is 30.9 Å². The summed E-state index contributed by atoms with van der Waals surface area (Å²) in [6, 6.07) is 21.9. The second-order valence-electron chi connectivity index (χ2n) is 7.41. The van der Waals surface area contributed by atoms with Crippen molar-refractivity contribution in [1.29, 1.82) is 0 Å². The number of amides is 3. The highest BCUT2D eigenvalue weighted by atomic mass is 35.5. The summed E-state index contributed by atoms with van der Waals surface area (Å²) in [5.41, 5.74) is 4.50. The average Bonchev–Trinajstić information content (AvgIpc) is 2.90. The maximum absolute atomic E-state index is 13.2. The van der Waals surface area contributed by atoms with Gasteiger partial charge in [0.25, 0.3) is 5.91 Å². The normalized spacial score (nSPS) is 15.5. The van der Waals surface area contributed by atoms with E-state index in [0.717, 1.165) is 23.1 Å². The molecule has 0 bridgehead atoms. The smallest absolute Gasteiger partial charge is 0.311 e. The lowest BCUT2D eigenvalue weighted by molar-refractivity contribution is -0.119. The van der Waals surface area contributed by atoms with Crippen molar-refractivity contribution in [2.24, 2.45) is 4.99 Å². The topological polar surface area (TPSA) is 73.8 Å². The Labute approximate surface area is 191 Å². The fourth-order valence-electron chi connectivity index (χ4n) is 3.70. The van der Waals surface area contributed by atoms with Crippen LogP contribution >= 0.6 is 11.6 Å². The van der Waals surface area contributed by atoms with Crippen LogP contribution in [0.2, 0.25) is 5.02 Å². The molecule has 3 aromatic carbocycles. The van der Waals surface area contributed by atoms with E-state index in [1.807, 2.05) is 61.5 Å². The van der Waals surface area contributed by atoms with Crippen molar-refractivity contribution in [2.75, 3.05) is 17.3 Å². The van der Waals surface area contributed by atoms with E-state index in [4.69, 9.17) is 11.6 Å². The Bertz CT molecular complexity index is 1190. The third kappa shape index (κ3) is 4.36. The molecule has 7 heteroatoms. The fourth-order valence-corrected chi connectivity index (χ4v) is 3.87. The van der Waals surface area contributed by atoms with Crippen molar-refractivity contribution in [3.8, 4) is 0 Å². The zero-order chi connectivity index (χ0) is 22.7. The lowest BCUT2D eigenvalue weighted by Gasteiger charge is -2.21.